The van der Waals surface area contributed by atoms with Crippen LogP contribution in [-0.2, 0) is 4.79 Å². The van der Waals surface area contributed by atoms with Crippen LogP contribution in [0.5, 0.6) is 11.5 Å². The second kappa shape index (κ2) is 8.91. The van der Waals surface area contributed by atoms with Gasteiger partial charge in [-0.15, -0.1) is 0 Å². The Hall–Kier alpha value is -3.13. The highest BCUT2D eigenvalue weighted by Crippen LogP contribution is 2.40. The third-order valence-corrected chi connectivity index (χ3v) is 5.33. The van der Waals surface area contributed by atoms with Gasteiger partial charge >= 0.3 is 0 Å². The van der Waals surface area contributed by atoms with Gasteiger partial charge in [0.25, 0.3) is 5.69 Å². The van der Waals surface area contributed by atoms with Gasteiger partial charge < -0.3 is 14.8 Å². The van der Waals surface area contributed by atoms with Crippen molar-refractivity contribution in [1.82, 2.24) is 4.90 Å². The fourth-order valence-electron chi connectivity index (χ4n) is 3.81. The van der Waals surface area contributed by atoms with Crippen molar-refractivity contribution in [1.29, 1.82) is 0 Å². The topological polar surface area (TPSA) is 93.9 Å². The Morgan fingerprint density at radius 2 is 2.00 bits per heavy atom. The zero-order chi connectivity index (χ0) is 21.0. The summed E-state index contributed by atoms with van der Waals surface area (Å²) >= 11 is 0. The number of nitro groups is 1. The van der Waals surface area contributed by atoms with Crippen LogP contribution in [-0.4, -0.2) is 42.5 Å². The predicted molar refractivity (Wildman–Crippen MR) is 109 cm³/mol. The molecule has 3 rings (SSSR count). The van der Waals surface area contributed by atoms with Gasteiger partial charge in [0.1, 0.15) is 17.2 Å². The summed E-state index contributed by atoms with van der Waals surface area (Å²) in [6.45, 7) is 2.57. The summed E-state index contributed by atoms with van der Waals surface area (Å²) in [7, 11) is 3.22. The fourth-order valence-corrected chi connectivity index (χ4v) is 3.81. The number of benzene rings is 2. The van der Waals surface area contributed by atoms with Crippen LogP contribution in [0.4, 0.5) is 11.4 Å². The third kappa shape index (κ3) is 4.32. The van der Waals surface area contributed by atoms with Crippen molar-refractivity contribution < 1.29 is 19.2 Å². The lowest BCUT2D eigenvalue weighted by Crippen LogP contribution is -2.41. The number of nitrogens with one attached hydrogen (secondary N) is 1. The monoisotopic (exact) mass is 399 g/mol. The lowest BCUT2D eigenvalue weighted by atomic mass is 10.0. The summed E-state index contributed by atoms with van der Waals surface area (Å²) < 4.78 is 10.8. The van der Waals surface area contributed by atoms with E-state index in [-0.39, 0.29) is 23.3 Å². The number of methoxy groups -OCH3 is 2. The van der Waals surface area contributed by atoms with Gasteiger partial charge in [0, 0.05) is 23.7 Å². The first-order chi connectivity index (χ1) is 14.0. The van der Waals surface area contributed by atoms with E-state index >= 15 is 0 Å². The minimum Gasteiger partial charge on any atom is -0.497 e. The maximum atomic E-state index is 12.9. The first-order valence-corrected chi connectivity index (χ1v) is 9.48. The molecule has 1 saturated heterocycles. The molecule has 0 aliphatic carbocycles. The minimum atomic E-state index is -0.499. The van der Waals surface area contributed by atoms with Crippen LogP contribution in [0.15, 0.2) is 42.5 Å². The molecule has 2 aromatic rings. The van der Waals surface area contributed by atoms with Crippen molar-refractivity contribution >= 4 is 17.3 Å². The number of likely N-dealkylation sites (tertiary alicyclic amines) is 1. The van der Waals surface area contributed by atoms with E-state index in [1.165, 1.54) is 12.1 Å². The van der Waals surface area contributed by atoms with Gasteiger partial charge in [-0.2, -0.15) is 0 Å². The summed E-state index contributed by atoms with van der Waals surface area (Å²) in [4.78, 5) is 25.7. The molecule has 0 saturated carbocycles. The van der Waals surface area contributed by atoms with E-state index in [4.69, 9.17) is 9.47 Å². The second-order valence-electron chi connectivity index (χ2n) is 6.94. The van der Waals surface area contributed by atoms with Crippen molar-refractivity contribution in [3.63, 3.8) is 0 Å². The normalized spacial score (nSPS) is 17.6. The van der Waals surface area contributed by atoms with Gasteiger partial charge in [0.15, 0.2) is 0 Å². The summed E-state index contributed by atoms with van der Waals surface area (Å²) in [5.41, 5.74) is 1.08. The molecule has 154 valence electrons. The average Bonchev–Trinajstić information content (AvgIpc) is 3.22. The van der Waals surface area contributed by atoms with E-state index in [2.05, 4.69) is 10.2 Å². The molecule has 0 aromatic heterocycles. The number of carbonyl (C=O) groups is 1. The van der Waals surface area contributed by atoms with Crippen molar-refractivity contribution in [3.05, 3.63) is 58.1 Å². The highest BCUT2D eigenvalue weighted by atomic mass is 16.6. The standard InChI is InChI=1S/C21H25N3O5/c1-14(21(25)22-17-7-4-5-8-19(17)24(26)27)23-12-6-9-18(23)16-11-10-15(28-2)13-20(16)29-3/h4-5,7-8,10-11,13-14,18H,6,9,12H2,1-3H3,(H,22,25)/t14-,18-/m1/s1. The number of nitrogens with zero attached hydrogens (tertiary/aromatic N) is 2. The summed E-state index contributed by atoms with van der Waals surface area (Å²) in [5.74, 6) is 1.14. The Labute approximate surface area is 169 Å². The summed E-state index contributed by atoms with van der Waals surface area (Å²) in [6, 6.07) is 11.4. The number of hydrogen-bond donors (Lipinski definition) is 1. The van der Waals surface area contributed by atoms with E-state index in [0.29, 0.717) is 11.5 Å². The van der Waals surface area contributed by atoms with Crippen LogP contribution in [0.2, 0.25) is 0 Å². The molecule has 0 radical (unpaired) electrons. The molecule has 8 nitrogen and oxygen atoms in total. The summed E-state index contributed by atoms with van der Waals surface area (Å²) in [6.07, 6.45) is 1.84. The number of rotatable bonds is 7. The highest BCUT2D eigenvalue weighted by molar-refractivity contribution is 5.96. The minimum absolute atomic E-state index is 0.0161. The Bertz CT molecular complexity index is 902. The van der Waals surface area contributed by atoms with Gasteiger partial charge in [-0.1, -0.05) is 18.2 Å². The lowest BCUT2D eigenvalue weighted by Gasteiger charge is -2.31. The van der Waals surface area contributed by atoms with Crippen LogP contribution in [0.25, 0.3) is 0 Å². The summed E-state index contributed by atoms with van der Waals surface area (Å²) in [5, 5.41) is 13.9. The molecule has 1 aliphatic rings. The van der Waals surface area contributed by atoms with Crippen LogP contribution in [0, 0.1) is 10.1 Å². The maximum absolute atomic E-state index is 12.9. The number of ether oxygens (including phenoxy) is 2. The van der Waals surface area contributed by atoms with Gasteiger partial charge in [-0.05, 0) is 38.4 Å². The molecule has 1 fully saturated rings. The van der Waals surface area contributed by atoms with Crippen molar-refractivity contribution in [2.45, 2.75) is 31.8 Å². The second-order valence-corrected chi connectivity index (χ2v) is 6.94. The molecule has 2 atom stereocenters. The smallest absolute Gasteiger partial charge is 0.292 e. The Kier molecular flexibility index (Phi) is 6.33. The third-order valence-electron chi connectivity index (χ3n) is 5.33. The lowest BCUT2D eigenvalue weighted by molar-refractivity contribution is -0.383. The van der Waals surface area contributed by atoms with Gasteiger partial charge in [-0.3, -0.25) is 19.8 Å². The molecule has 1 N–H and O–H groups in total. The molecular formula is C21H25N3O5. The molecule has 1 amide bonds. The van der Waals surface area contributed by atoms with Crippen molar-refractivity contribution in [2.75, 3.05) is 26.1 Å². The molecule has 0 bridgehead atoms. The zero-order valence-corrected chi connectivity index (χ0v) is 16.8. The highest BCUT2D eigenvalue weighted by Gasteiger charge is 2.35. The van der Waals surface area contributed by atoms with E-state index in [1.807, 2.05) is 25.1 Å². The SMILES string of the molecule is COc1ccc([C@H]2CCCN2[C@H](C)C(=O)Nc2ccccc2[N+](=O)[O-])c(OC)c1. The number of hydrogen-bond acceptors (Lipinski definition) is 6. The first kappa shape index (κ1) is 20.6. The van der Waals surface area contributed by atoms with E-state index in [9.17, 15) is 14.9 Å². The van der Waals surface area contributed by atoms with Gasteiger partial charge in [0.2, 0.25) is 5.91 Å². The number of carbonyl (C=O) groups excluding carboxylic acids is 1. The Morgan fingerprint density at radius 3 is 2.69 bits per heavy atom. The molecule has 0 spiro atoms. The van der Waals surface area contributed by atoms with Gasteiger partial charge in [-0.25, -0.2) is 0 Å². The molecule has 2 aromatic carbocycles. The number of para-hydroxylation sites is 2. The largest absolute Gasteiger partial charge is 0.497 e. The number of amides is 1. The first-order valence-electron chi connectivity index (χ1n) is 9.48. The van der Waals surface area contributed by atoms with Crippen LogP contribution in [0.1, 0.15) is 31.4 Å². The number of nitro benzene ring substituents is 1. The average molecular weight is 399 g/mol. The molecule has 29 heavy (non-hydrogen) atoms. The van der Waals surface area contributed by atoms with Crippen LogP contribution in [0.3, 0.4) is 0 Å². The predicted octanol–water partition coefficient (Wildman–Crippen LogP) is 3.78. The van der Waals surface area contributed by atoms with Gasteiger partial charge in [0.05, 0.1) is 25.2 Å². The van der Waals surface area contributed by atoms with Crippen molar-refractivity contribution in [2.24, 2.45) is 0 Å². The molecule has 0 unspecified atom stereocenters. The quantitative estimate of drug-likeness (QED) is 0.563. The molecule has 1 heterocycles. The molecule has 8 heteroatoms. The van der Waals surface area contributed by atoms with E-state index < -0.39 is 11.0 Å². The van der Waals surface area contributed by atoms with E-state index in [1.54, 1.807) is 26.4 Å². The molecule has 1 aliphatic heterocycles. The number of anilines is 1. The van der Waals surface area contributed by atoms with Crippen LogP contribution >= 0.6 is 0 Å². The fraction of sp³-hybridized carbons (Fsp3) is 0.381. The van der Waals surface area contributed by atoms with Crippen molar-refractivity contribution in [3.8, 4) is 11.5 Å². The Morgan fingerprint density at radius 1 is 1.24 bits per heavy atom. The maximum Gasteiger partial charge on any atom is 0.292 e. The Balaban J connectivity index is 1.81. The molecular weight excluding hydrogens is 374 g/mol. The zero-order valence-electron chi connectivity index (χ0n) is 16.8. The van der Waals surface area contributed by atoms with E-state index in [0.717, 1.165) is 24.9 Å². The van der Waals surface area contributed by atoms with Crippen LogP contribution < -0.4 is 14.8 Å².